The van der Waals surface area contributed by atoms with Crippen LogP contribution in [0.1, 0.15) is 36.4 Å². The van der Waals surface area contributed by atoms with Crippen molar-refractivity contribution in [2.24, 2.45) is 12.8 Å². The number of hydrogen-bond acceptors (Lipinski definition) is 5. The number of fused-ring (bicyclic) bond motifs is 1. The van der Waals surface area contributed by atoms with E-state index < -0.39 is 10.0 Å². The molecule has 0 spiro atoms. The van der Waals surface area contributed by atoms with Crippen molar-refractivity contribution in [3.63, 3.8) is 0 Å². The van der Waals surface area contributed by atoms with Crippen molar-refractivity contribution in [3.05, 3.63) is 89.2 Å². The first kappa shape index (κ1) is 31.1. The number of aromatic nitrogens is 2. The number of anilines is 1. The molecular weight excluding hydrogens is 544 g/mol. The molecule has 10 heteroatoms. The number of sulfonamides is 1. The summed E-state index contributed by atoms with van der Waals surface area (Å²) in [7, 11) is -1.78. The van der Waals surface area contributed by atoms with Crippen LogP contribution in [0.5, 0.6) is 0 Å². The Kier molecular flexibility index (Phi) is 10.4. The second-order valence-corrected chi connectivity index (χ2v) is 11.7. The van der Waals surface area contributed by atoms with Gasteiger partial charge in [-0.2, -0.15) is 0 Å². The van der Waals surface area contributed by atoms with Gasteiger partial charge in [-0.05, 0) is 67.9 Å². The Morgan fingerprint density at radius 2 is 1.68 bits per heavy atom. The molecule has 0 saturated carbocycles. The van der Waals surface area contributed by atoms with Gasteiger partial charge in [-0.15, -0.1) is 12.4 Å². The maximum atomic E-state index is 13.9. The Morgan fingerprint density at radius 3 is 2.30 bits per heavy atom. The number of benzene rings is 3. The predicted molar refractivity (Wildman–Crippen MR) is 166 cm³/mol. The second-order valence-electron chi connectivity index (χ2n) is 9.79. The Bertz CT molecular complexity index is 1560. The van der Waals surface area contributed by atoms with Crippen molar-refractivity contribution in [1.82, 2.24) is 14.5 Å². The summed E-state index contributed by atoms with van der Waals surface area (Å²) in [4.78, 5) is 7.40. The minimum absolute atomic E-state index is 0. The highest BCUT2D eigenvalue weighted by atomic mass is 35.5. The lowest BCUT2D eigenvalue weighted by atomic mass is 10.1. The molecule has 0 aliphatic rings. The maximum absolute atomic E-state index is 13.9. The van der Waals surface area contributed by atoms with Crippen molar-refractivity contribution < 1.29 is 8.42 Å². The highest BCUT2D eigenvalue weighted by molar-refractivity contribution is 7.92. The minimum atomic E-state index is -3.77. The summed E-state index contributed by atoms with van der Waals surface area (Å²) in [5.74, 6) is 0.984. The van der Waals surface area contributed by atoms with Crippen LogP contribution in [0.2, 0.25) is 0 Å². The molecule has 1 aromatic heterocycles. The number of imidazole rings is 1. The number of amidine groups is 1. The number of likely N-dealkylation sites (N-methyl/N-ethyl adjacent to an activating group) is 1. The van der Waals surface area contributed by atoms with Gasteiger partial charge in [0.2, 0.25) is 0 Å². The summed E-state index contributed by atoms with van der Waals surface area (Å²) < 4.78 is 31.3. The molecule has 0 amide bonds. The Morgan fingerprint density at radius 1 is 0.975 bits per heavy atom. The molecule has 0 bridgehead atoms. The summed E-state index contributed by atoms with van der Waals surface area (Å²) in [5, 5.41) is 7.56. The van der Waals surface area contributed by atoms with Gasteiger partial charge < -0.3 is 15.2 Å². The number of nitrogens with zero attached hydrogens (tertiary/aromatic N) is 4. The lowest BCUT2D eigenvalue weighted by Crippen LogP contribution is -2.38. The molecule has 214 valence electrons. The SMILES string of the molecule is CCN(CC)CCN(c1ccc2c(c1)nc(CCc1ccc(C(=N)N)cc1)n2C)S(=O)(=O)c1cccc(C)c1.Cl. The molecule has 0 atom stereocenters. The first-order valence-electron chi connectivity index (χ1n) is 13.3. The van der Waals surface area contributed by atoms with Gasteiger partial charge in [0.05, 0.1) is 21.6 Å². The summed E-state index contributed by atoms with van der Waals surface area (Å²) in [5.41, 5.74) is 10.7. The zero-order valence-electron chi connectivity index (χ0n) is 23.6. The van der Waals surface area contributed by atoms with Crippen LogP contribution in [0.3, 0.4) is 0 Å². The highest BCUT2D eigenvalue weighted by Gasteiger charge is 2.26. The number of rotatable bonds is 12. The fraction of sp³-hybridized carbons (Fsp3) is 0.333. The van der Waals surface area contributed by atoms with Crippen LogP contribution in [0, 0.1) is 12.3 Å². The molecule has 0 radical (unpaired) electrons. The predicted octanol–water partition coefficient (Wildman–Crippen LogP) is 4.91. The van der Waals surface area contributed by atoms with Crippen molar-refractivity contribution in [3.8, 4) is 0 Å². The molecule has 4 aromatic rings. The average Bonchev–Trinajstić information content (AvgIpc) is 3.24. The lowest BCUT2D eigenvalue weighted by Gasteiger charge is -2.28. The van der Waals surface area contributed by atoms with Crippen LogP contribution >= 0.6 is 12.4 Å². The molecule has 1 heterocycles. The van der Waals surface area contributed by atoms with E-state index >= 15 is 0 Å². The maximum Gasteiger partial charge on any atom is 0.264 e. The van der Waals surface area contributed by atoms with Crippen molar-refractivity contribution in [2.45, 2.75) is 38.5 Å². The highest BCUT2D eigenvalue weighted by Crippen LogP contribution is 2.28. The third-order valence-electron chi connectivity index (χ3n) is 7.24. The van der Waals surface area contributed by atoms with E-state index in [1.807, 2.05) is 62.5 Å². The first-order chi connectivity index (χ1) is 18.6. The van der Waals surface area contributed by atoms with Crippen molar-refractivity contribution >= 4 is 45.0 Å². The number of hydrogen-bond donors (Lipinski definition) is 2. The van der Waals surface area contributed by atoms with E-state index in [2.05, 4.69) is 23.3 Å². The number of nitrogens with one attached hydrogen (secondary N) is 1. The van der Waals surface area contributed by atoms with Crippen molar-refractivity contribution in [1.29, 1.82) is 5.41 Å². The Balaban J connectivity index is 0.00000441. The second kappa shape index (κ2) is 13.3. The molecule has 0 aliphatic heterocycles. The van der Waals surface area contributed by atoms with E-state index in [-0.39, 0.29) is 18.2 Å². The Labute approximate surface area is 243 Å². The molecule has 4 rings (SSSR count). The van der Waals surface area contributed by atoms with Crippen LogP contribution in [0.25, 0.3) is 11.0 Å². The number of nitrogen functional groups attached to an aromatic ring is 1. The van der Waals surface area contributed by atoms with Gasteiger partial charge in [0.25, 0.3) is 10.0 Å². The molecule has 3 N–H and O–H groups in total. The van der Waals surface area contributed by atoms with Crippen molar-refractivity contribution in [2.75, 3.05) is 30.5 Å². The van der Waals surface area contributed by atoms with E-state index in [4.69, 9.17) is 16.1 Å². The fourth-order valence-electron chi connectivity index (χ4n) is 4.79. The van der Waals surface area contributed by atoms with Crippen LogP contribution in [-0.2, 0) is 29.9 Å². The zero-order chi connectivity index (χ0) is 28.2. The van der Waals surface area contributed by atoms with Crippen LogP contribution in [0.4, 0.5) is 5.69 Å². The molecule has 0 unspecified atom stereocenters. The monoisotopic (exact) mass is 582 g/mol. The average molecular weight is 583 g/mol. The molecule has 40 heavy (non-hydrogen) atoms. The van der Waals surface area contributed by atoms with E-state index in [1.54, 1.807) is 18.2 Å². The van der Waals surface area contributed by atoms with E-state index in [0.717, 1.165) is 53.9 Å². The summed E-state index contributed by atoms with van der Waals surface area (Å²) in [6.45, 7) is 8.76. The Hall–Kier alpha value is -3.40. The fourth-order valence-corrected chi connectivity index (χ4v) is 6.34. The minimum Gasteiger partial charge on any atom is -0.384 e. The first-order valence-corrected chi connectivity index (χ1v) is 14.8. The molecule has 0 saturated heterocycles. The van der Waals surface area contributed by atoms with E-state index in [1.165, 1.54) is 4.31 Å². The molecule has 3 aromatic carbocycles. The van der Waals surface area contributed by atoms with Gasteiger partial charge in [-0.1, -0.05) is 50.2 Å². The van der Waals surface area contributed by atoms with Gasteiger partial charge in [-0.25, -0.2) is 13.4 Å². The largest absolute Gasteiger partial charge is 0.384 e. The van der Waals surface area contributed by atoms with Gasteiger partial charge >= 0.3 is 0 Å². The number of nitrogens with two attached hydrogens (primary N) is 1. The lowest BCUT2D eigenvalue weighted by molar-refractivity contribution is 0.313. The van der Waals surface area contributed by atoms with Crippen LogP contribution in [0.15, 0.2) is 71.6 Å². The molecule has 8 nitrogen and oxygen atoms in total. The standard InChI is InChI=1S/C30H38N6O2S.ClH/c1-5-35(6-2)18-19-36(39(37,38)26-9-7-8-22(3)20-26)25-15-16-28-27(21-25)33-29(34(28)4)17-12-23-10-13-24(14-11-23)30(31)32;/h7-11,13-16,20-21H,5-6,12,17-19H2,1-4H3,(H3,31,32);1H. The van der Waals surface area contributed by atoms with Crippen LogP contribution in [-0.4, -0.2) is 54.9 Å². The number of aryl methyl sites for hydroxylation is 4. The van der Waals surface area contributed by atoms with Gasteiger partial charge in [-0.3, -0.25) is 9.71 Å². The smallest absolute Gasteiger partial charge is 0.264 e. The molecular formula is C30H39ClN6O2S. The van der Waals surface area contributed by atoms with Gasteiger partial charge in [0, 0.05) is 32.1 Å². The normalized spacial score (nSPS) is 11.5. The van der Waals surface area contributed by atoms with Gasteiger partial charge in [0.1, 0.15) is 11.7 Å². The third-order valence-corrected chi connectivity index (χ3v) is 9.06. The number of halogens is 1. The summed E-state index contributed by atoms with van der Waals surface area (Å²) in [6.07, 6.45) is 1.52. The molecule has 0 aliphatic carbocycles. The van der Waals surface area contributed by atoms with Crippen LogP contribution < -0.4 is 10.0 Å². The zero-order valence-corrected chi connectivity index (χ0v) is 25.2. The summed E-state index contributed by atoms with van der Waals surface area (Å²) in [6, 6.07) is 20.5. The topological polar surface area (TPSA) is 108 Å². The summed E-state index contributed by atoms with van der Waals surface area (Å²) >= 11 is 0. The quantitative estimate of drug-likeness (QED) is 0.182. The van der Waals surface area contributed by atoms with Gasteiger partial charge in [0.15, 0.2) is 0 Å². The van der Waals surface area contributed by atoms with E-state index in [9.17, 15) is 8.42 Å². The molecule has 0 fully saturated rings. The van der Waals surface area contributed by atoms with E-state index in [0.29, 0.717) is 29.2 Å². The third kappa shape index (κ3) is 6.83.